The molecule has 0 aromatic carbocycles. The van der Waals surface area contributed by atoms with Gasteiger partial charge in [-0.25, -0.2) is 4.98 Å². The fourth-order valence-corrected chi connectivity index (χ4v) is 1.91. The van der Waals surface area contributed by atoms with Crippen molar-refractivity contribution >= 4 is 29.3 Å². The maximum absolute atomic E-state index is 5.76. The van der Waals surface area contributed by atoms with Crippen LogP contribution in [0.1, 0.15) is 0 Å². The van der Waals surface area contributed by atoms with E-state index in [4.69, 9.17) is 11.6 Å². The number of nitrogens with zero attached hydrogens (tertiary/aromatic N) is 4. The first-order chi connectivity index (χ1) is 7.78. The molecule has 0 aliphatic carbocycles. The summed E-state index contributed by atoms with van der Waals surface area (Å²) in [5, 5.41) is 4.31. The van der Waals surface area contributed by atoms with Crippen LogP contribution in [0.4, 0.5) is 5.95 Å². The zero-order valence-electron chi connectivity index (χ0n) is 8.38. The third-order valence-corrected chi connectivity index (χ3v) is 2.63. The van der Waals surface area contributed by atoms with Gasteiger partial charge in [-0.05, 0) is 35.5 Å². The molecule has 16 heavy (non-hydrogen) atoms. The lowest BCUT2D eigenvalue weighted by Gasteiger charge is -2.02. The molecule has 0 aliphatic rings. The van der Waals surface area contributed by atoms with Gasteiger partial charge >= 0.3 is 0 Å². The highest BCUT2D eigenvalue weighted by Gasteiger charge is 2.05. The molecule has 0 atom stereocenters. The second-order valence-electron chi connectivity index (χ2n) is 2.73. The molecule has 2 aromatic rings. The lowest BCUT2D eigenvalue weighted by Crippen LogP contribution is -2.00. The molecular weight excluding hydrogens is 246 g/mol. The van der Waals surface area contributed by atoms with Crippen molar-refractivity contribution in [1.29, 1.82) is 0 Å². The van der Waals surface area contributed by atoms with Crippen LogP contribution in [0, 0.1) is 0 Å². The summed E-state index contributed by atoms with van der Waals surface area (Å²) in [7, 11) is 1.72. The summed E-state index contributed by atoms with van der Waals surface area (Å²) in [4.78, 5) is 16.2. The van der Waals surface area contributed by atoms with E-state index >= 15 is 0 Å². The van der Waals surface area contributed by atoms with Crippen LogP contribution >= 0.6 is 23.4 Å². The minimum atomic E-state index is 0.165. The van der Waals surface area contributed by atoms with Gasteiger partial charge in [-0.15, -0.1) is 0 Å². The summed E-state index contributed by atoms with van der Waals surface area (Å²) in [6, 6.07) is 5.63. The predicted octanol–water partition coefficient (Wildman–Crippen LogP) is 2.11. The Morgan fingerprint density at radius 2 is 2.12 bits per heavy atom. The van der Waals surface area contributed by atoms with Crippen molar-refractivity contribution in [2.75, 3.05) is 12.4 Å². The number of aromatic nitrogens is 4. The third-order valence-electron chi connectivity index (χ3n) is 1.64. The van der Waals surface area contributed by atoms with Crippen molar-refractivity contribution in [2.45, 2.75) is 10.2 Å². The Hall–Kier alpha value is -1.40. The summed E-state index contributed by atoms with van der Waals surface area (Å²) in [5.74, 6) is 0.443. The van der Waals surface area contributed by atoms with Gasteiger partial charge in [0, 0.05) is 13.2 Å². The van der Waals surface area contributed by atoms with Gasteiger partial charge in [-0.3, -0.25) is 0 Å². The molecule has 0 saturated heterocycles. The second-order valence-corrected chi connectivity index (χ2v) is 4.06. The second kappa shape index (κ2) is 5.09. The summed E-state index contributed by atoms with van der Waals surface area (Å²) in [6.07, 6.45) is 1.71. The molecule has 7 heteroatoms. The Kier molecular flexibility index (Phi) is 3.53. The molecule has 5 nitrogen and oxygen atoms in total. The Bertz CT molecular complexity index is 479. The van der Waals surface area contributed by atoms with E-state index < -0.39 is 0 Å². The summed E-state index contributed by atoms with van der Waals surface area (Å²) in [6.45, 7) is 0. The topological polar surface area (TPSA) is 63.6 Å². The molecule has 2 heterocycles. The molecule has 0 amide bonds. The fraction of sp³-hybridized carbons (Fsp3) is 0.111. The van der Waals surface area contributed by atoms with Crippen LogP contribution in [0.5, 0.6) is 0 Å². The number of nitrogens with one attached hydrogen (secondary N) is 1. The average Bonchev–Trinajstić information content (AvgIpc) is 2.29. The van der Waals surface area contributed by atoms with E-state index in [1.165, 1.54) is 11.8 Å². The molecule has 82 valence electrons. The van der Waals surface area contributed by atoms with Crippen LogP contribution in [-0.2, 0) is 0 Å². The van der Waals surface area contributed by atoms with E-state index in [9.17, 15) is 0 Å². The van der Waals surface area contributed by atoms with Crippen molar-refractivity contribution < 1.29 is 0 Å². The molecule has 0 radical (unpaired) electrons. The molecule has 0 bridgehead atoms. The molecule has 0 spiro atoms. The van der Waals surface area contributed by atoms with Gasteiger partial charge < -0.3 is 5.32 Å². The summed E-state index contributed by atoms with van der Waals surface area (Å²) in [5.41, 5.74) is 0. The highest BCUT2D eigenvalue weighted by molar-refractivity contribution is 7.99. The first-order valence-corrected chi connectivity index (χ1v) is 5.65. The molecule has 1 N–H and O–H groups in total. The number of hydrogen-bond donors (Lipinski definition) is 1. The van der Waals surface area contributed by atoms with Gasteiger partial charge in [-0.2, -0.15) is 15.0 Å². The van der Waals surface area contributed by atoms with Gasteiger partial charge in [0.25, 0.3) is 0 Å². The zero-order valence-corrected chi connectivity index (χ0v) is 9.96. The standard InChI is InChI=1S/C9H8ClN5S/c1-11-8-13-7(10)14-9(15-8)16-6-4-2-3-5-12-6/h2-5H,1H3,(H,11,13,14,15). The number of halogens is 1. The largest absolute Gasteiger partial charge is 0.357 e. The van der Waals surface area contributed by atoms with Gasteiger partial charge in [0.05, 0.1) is 0 Å². The lowest BCUT2D eigenvalue weighted by atomic mass is 10.5. The van der Waals surface area contributed by atoms with Gasteiger partial charge in [0.2, 0.25) is 11.2 Å². The first-order valence-electron chi connectivity index (χ1n) is 4.46. The van der Waals surface area contributed by atoms with Crippen LogP contribution < -0.4 is 5.32 Å². The van der Waals surface area contributed by atoms with Gasteiger partial charge in [0.15, 0.2) is 5.16 Å². The monoisotopic (exact) mass is 253 g/mol. The van der Waals surface area contributed by atoms with E-state index in [2.05, 4.69) is 25.3 Å². The minimum absolute atomic E-state index is 0.165. The van der Waals surface area contributed by atoms with E-state index in [-0.39, 0.29) is 5.28 Å². The van der Waals surface area contributed by atoms with Crippen LogP contribution in [-0.4, -0.2) is 27.0 Å². The normalized spacial score (nSPS) is 10.1. The number of pyridine rings is 1. The Labute approximate surface area is 102 Å². The summed E-state index contributed by atoms with van der Waals surface area (Å²) < 4.78 is 0. The molecule has 0 saturated carbocycles. The van der Waals surface area contributed by atoms with Crippen LogP contribution in [0.3, 0.4) is 0 Å². The molecule has 0 fully saturated rings. The molecule has 2 aromatic heterocycles. The van der Waals surface area contributed by atoms with Crippen LogP contribution in [0.2, 0.25) is 5.28 Å². The smallest absolute Gasteiger partial charge is 0.228 e. The number of anilines is 1. The Balaban J connectivity index is 2.24. The van der Waals surface area contributed by atoms with Crippen molar-refractivity contribution in [2.24, 2.45) is 0 Å². The van der Waals surface area contributed by atoms with E-state index in [0.717, 1.165) is 5.03 Å². The van der Waals surface area contributed by atoms with Crippen LogP contribution in [0.15, 0.2) is 34.6 Å². The predicted molar refractivity (Wildman–Crippen MR) is 62.7 cm³/mol. The maximum atomic E-state index is 5.76. The highest BCUT2D eigenvalue weighted by atomic mass is 35.5. The van der Waals surface area contributed by atoms with Gasteiger partial charge in [0.1, 0.15) is 5.03 Å². The first kappa shape index (κ1) is 11.1. The summed E-state index contributed by atoms with van der Waals surface area (Å²) >= 11 is 7.09. The van der Waals surface area contributed by atoms with Crippen molar-refractivity contribution in [3.63, 3.8) is 0 Å². The van der Waals surface area contributed by atoms with Crippen LogP contribution in [0.25, 0.3) is 0 Å². The maximum Gasteiger partial charge on any atom is 0.228 e. The number of hydrogen-bond acceptors (Lipinski definition) is 6. The lowest BCUT2D eigenvalue weighted by molar-refractivity contribution is 0.905. The van der Waals surface area contributed by atoms with Crippen molar-refractivity contribution in [1.82, 2.24) is 19.9 Å². The molecule has 2 rings (SSSR count). The highest BCUT2D eigenvalue weighted by Crippen LogP contribution is 2.23. The Morgan fingerprint density at radius 1 is 1.25 bits per heavy atom. The minimum Gasteiger partial charge on any atom is -0.357 e. The average molecular weight is 254 g/mol. The Morgan fingerprint density at radius 3 is 2.81 bits per heavy atom. The quantitative estimate of drug-likeness (QED) is 0.904. The molecular formula is C9H8ClN5S. The van der Waals surface area contributed by atoms with E-state index in [0.29, 0.717) is 11.1 Å². The van der Waals surface area contributed by atoms with E-state index in [1.54, 1.807) is 13.2 Å². The van der Waals surface area contributed by atoms with Crippen molar-refractivity contribution in [3.8, 4) is 0 Å². The number of rotatable bonds is 3. The molecule has 0 unspecified atom stereocenters. The van der Waals surface area contributed by atoms with Gasteiger partial charge in [-0.1, -0.05) is 6.07 Å². The van der Waals surface area contributed by atoms with Crippen molar-refractivity contribution in [3.05, 3.63) is 29.7 Å². The zero-order chi connectivity index (χ0) is 11.4. The molecule has 0 aliphatic heterocycles. The fourth-order valence-electron chi connectivity index (χ4n) is 0.990. The third kappa shape index (κ3) is 2.80. The van der Waals surface area contributed by atoms with E-state index in [1.807, 2.05) is 18.2 Å². The SMILES string of the molecule is CNc1nc(Cl)nc(Sc2ccccn2)n1.